The van der Waals surface area contributed by atoms with Crippen LogP contribution in [0.25, 0.3) is 22.4 Å². The lowest BCUT2D eigenvalue weighted by Crippen LogP contribution is -2.28. The van der Waals surface area contributed by atoms with Gasteiger partial charge in [0.25, 0.3) is 0 Å². The fourth-order valence-corrected chi connectivity index (χ4v) is 2.33. The normalized spacial score (nSPS) is 10.6. The van der Waals surface area contributed by atoms with Gasteiger partial charge in [-0.05, 0) is 50.1 Å². The van der Waals surface area contributed by atoms with E-state index in [0.717, 1.165) is 11.3 Å². The molecule has 0 bridgehead atoms. The molecule has 122 valence electrons. The van der Waals surface area contributed by atoms with E-state index in [0.29, 0.717) is 23.5 Å². The van der Waals surface area contributed by atoms with Crippen LogP contribution >= 0.6 is 0 Å². The number of carbonyl (C=O) groups is 1. The summed E-state index contributed by atoms with van der Waals surface area (Å²) in [4.78, 5) is 25.0. The van der Waals surface area contributed by atoms with E-state index in [1.54, 1.807) is 18.3 Å². The van der Waals surface area contributed by atoms with E-state index in [9.17, 15) is 4.79 Å². The van der Waals surface area contributed by atoms with Crippen molar-refractivity contribution in [2.75, 3.05) is 11.9 Å². The first kappa shape index (κ1) is 15.9. The van der Waals surface area contributed by atoms with Gasteiger partial charge in [0, 0.05) is 12.1 Å². The third kappa shape index (κ3) is 3.32. The van der Waals surface area contributed by atoms with Crippen molar-refractivity contribution in [3.8, 4) is 11.3 Å². The second kappa shape index (κ2) is 6.62. The summed E-state index contributed by atoms with van der Waals surface area (Å²) in [7, 11) is 0. The minimum atomic E-state index is -0.289. The quantitative estimate of drug-likeness (QED) is 0.774. The second-order valence-electron chi connectivity index (χ2n) is 5.58. The van der Waals surface area contributed by atoms with E-state index in [2.05, 4.69) is 51.6 Å². The minimum absolute atomic E-state index is 0.289. The molecule has 0 fully saturated rings. The molecule has 0 atom stereocenters. The smallest absolute Gasteiger partial charge is 0.320 e. The van der Waals surface area contributed by atoms with E-state index in [1.807, 2.05) is 13.0 Å². The summed E-state index contributed by atoms with van der Waals surface area (Å²) in [5.74, 6) is 0.444. The van der Waals surface area contributed by atoms with Crippen LogP contribution in [0.15, 0.2) is 36.5 Å². The number of urea groups is 1. The number of aromatic nitrogens is 3. The molecule has 0 saturated heterocycles. The summed E-state index contributed by atoms with van der Waals surface area (Å²) in [5, 5.41) is 5.35. The summed E-state index contributed by atoms with van der Waals surface area (Å²) < 4.78 is 0. The zero-order valence-corrected chi connectivity index (χ0v) is 13.9. The molecule has 0 aliphatic heterocycles. The molecule has 1 aromatic carbocycles. The van der Waals surface area contributed by atoms with Gasteiger partial charge in [-0.2, -0.15) is 0 Å². The third-order valence-electron chi connectivity index (χ3n) is 3.79. The molecular formula is C18H19N5O. The van der Waals surface area contributed by atoms with Crippen molar-refractivity contribution in [3.63, 3.8) is 0 Å². The monoisotopic (exact) mass is 321 g/mol. The number of aryl methyl sites for hydroxylation is 2. The van der Waals surface area contributed by atoms with Crippen LogP contribution in [0, 0.1) is 13.8 Å². The second-order valence-corrected chi connectivity index (χ2v) is 5.58. The lowest BCUT2D eigenvalue weighted by molar-refractivity contribution is 0.252. The molecule has 2 N–H and O–H groups in total. The Hall–Kier alpha value is -3.02. The maximum Gasteiger partial charge on any atom is 0.320 e. The molecule has 2 aromatic heterocycles. The Kier molecular flexibility index (Phi) is 4.37. The van der Waals surface area contributed by atoms with Gasteiger partial charge in [-0.15, -0.1) is 0 Å². The van der Waals surface area contributed by atoms with E-state index >= 15 is 0 Å². The Bertz CT molecular complexity index is 907. The van der Waals surface area contributed by atoms with Crippen molar-refractivity contribution >= 4 is 23.0 Å². The van der Waals surface area contributed by atoms with Crippen LogP contribution in [0.3, 0.4) is 0 Å². The molecule has 2 heterocycles. The minimum Gasteiger partial charge on any atom is -0.338 e. The van der Waals surface area contributed by atoms with Crippen LogP contribution in [0.1, 0.15) is 18.1 Å². The maximum atomic E-state index is 11.6. The predicted molar refractivity (Wildman–Crippen MR) is 94.9 cm³/mol. The van der Waals surface area contributed by atoms with Gasteiger partial charge in [-0.3, -0.25) is 10.3 Å². The van der Waals surface area contributed by atoms with Gasteiger partial charge in [0.15, 0.2) is 5.65 Å². The SMILES string of the molecule is CCNC(=O)Nc1ccc2ncc(-c3ccc(C)c(C)c3)nc2n1. The van der Waals surface area contributed by atoms with Gasteiger partial charge in [0.1, 0.15) is 11.3 Å². The zero-order valence-electron chi connectivity index (χ0n) is 13.9. The lowest BCUT2D eigenvalue weighted by Gasteiger charge is -2.07. The average molecular weight is 321 g/mol. The van der Waals surface area contributed by atoms with Crippen LogP contribution in [0.5, 0.6) is 0 Å². The Labute approximate surface area is 140 Å². The van der Waals surface area contributed by atoms with Crippen molar-refractivity contribution in [2.45, 2.75) is 20.8 Å². The van der Waals surface area contributed by atoms with Gasteiger partial charge in [0.05, 0.1) is 11.9 Å². The van der Waals surface area contributed by atoms with Gasteiger partial charge in [-0.25, -0.2) is 14.8 Å². The maximum absolute atomic E-state index is 11.6. The first-order chi connectivity index (χ1) is 11.6. The Balaban J connectivity index is 1.96. The number of hydrogen-bond acceptors (Lipinski definition) is 4. The summed E-state index contributed by atoms with van der Waals surface area (Å²) in [6.45, 7) is 6.55. The van der Waals surface area contributed by atoms with Gasteiger partial charge >= 0.3 is 6.03 Å². The number of fused-ring (bicyclic) bond motifs is 1. The van der Waals surface area contributed by atoms with Crippen LogP contribution in [0.4, 0.5) is 10.6 Å². The zero-order chi connectivity index (χ0) is 17.1. The standard InChI is InChI=1S/C18H19N5O/c1-4-19-18(24)23-16-8-7-14-17(22-16)21-15(10-20-14)13-6-5-11(2)12(3)9-13/h5-10H,4H2,1-3H3,(H2,19,21,22,23,24). The molecule has 6 nitrogen and oxygen atoms in total. The van der Waals surface area contributed by atoms with Crippen LogP contribution in [-0.2, 0) is 0 Å². The highest BCUT2D eigenvalue weighted by atomic mass is 16.2. The van der Waals surface area contributed by atoms with Crippen molar-refractivity contribution < 1.29 is 4.79 Å². The largest absolute Gasteiger partial charge is 0.338 e. The highest BCUT2D eigenvalue weighted by Gasteiger charge is 2.07. The van der Waals surface area contributed by atoms with Crippen molar-refractivity contribution in [3.05, 3.63) is 47.7 Å². The summed E-state index contributed by atoms with van der Waals surface area (Å²) in [5.41, 5.74) is 5.38. The van der Waals surface area contributed by atoms with Crippen molar-refractivity contribution in [2.24, 2.45) is 0 Å². The van der Waals surface area contributed by atoms with E-state index in [-0.39, 0.29) is 6.03 Å². The average Bonchev–Trinajstić information content (AvgIpc) is 2.57. The van der Waals surface area contributed by atoms with Crippen molar-refractivity contribution in [1.29, 1.82) is 0 Å². The van der Waals surface area contributed by atoms with Crippen molar-refractivity contribution in [1.82, 2.24) is 20.3 Å². The Morgan fingerprint density at radius 3 is 2.67 bits per heavy atom. The summed E-state index contributed by atoms with van der Waals surface area (Å²) in [6, 6.07) is 9.39. The van der Waals surface area contributed by atoms with Crippen LogP contribution in [-0.4, -0.2) is 27.5 Å². The highest BCUT2D eigenvalue weighted by molar-refractivity contribution is 5.89. The molecule has 2 amide bonds. The number of rotatable bonds is 3. The number of hydrogen-bond donors (Lipinski definition) is 2. The molecule has 0 aliphatic rings. The first-order valence-electron chi connectivity index (χ1n) is 7.83. The summed E-state index contributed by atoms with van der Waals surface area (Å²) >= 11 is 0. The Morgan fingerprint density at radius 2 is 1.92 bits per heavy atom. The fraction of sp³-hybridized carbons (Fsp3) is 0.222. The molecule has 0 aliphatic carbocycles. The summed E-state index contributed by atoms with van der Waals surface area (Å²) in [6.07, 6.45) is 1.74. The lowest BCUT2D eigenvalue weighted by atomic mass is 10.0. The molecule has 6 heteroatoms. The van der Waals surface area contributed by atoms with Gasteiger partial charge in [-0.1, -0.05) is 12.1 Å². The van der Waals surface area contributed by atoms with Gasteiger partial charge in [0.2, 0.25) is 0 Å². The van der Waals surface area contributed by atoms with E-state index in [4.69, 9.17) is 0 Å². The topological polar surface area (TPSA) is 79.8 Å². The highest BCUT2D eigenvalue weighted by Crippen LogP contribution is 2.21. The Morgan fingerprint density at radius 1 is 1.08 bits per heavy atom. The number of benzene rings is 1. The van der Waals surface area contributed by atoms with Gasteiger partial charge < -0.3 is 5.32 Å². The molecule has 3 rings (SSSR count). The molecule has 0 radical (unpaired) electrons. The van der Waals surface area contributed by atoms with Crippen LogP contribution < -0.4 is 10.6 Å². The number of amides is 2. The van der Waals surface area contributed by atoms with E-state index < -0.39 is 0 Å². The molecule has 0 spiro atoms. The molecule has 3 aromatic rings. The van der Waals surface area contributed by atoms with E-state index in [1.165, 1.54) is 11.1 Å². The molecular weight excluding hydrogens is 302 g/mol. The number of anilines is 1. The molecule has 24 heavy (non-hydrogen) atoms. The third-order valence-corrected chi connectivity index (χ3v) is 3.79. The number of pyridine rings is 1. The predicted octanol–water partition coefficient (Wildman–Crippen LogP) is 3.45. The molecule has 0 saturated carbocycles. The fourth-order valence-electron chi connectivity index (χ4n) is 2.33. The number of nitrogens with zero attached hydrogens (tertiary/aromatic N) is 3. The molecule has 0 unspecified atom stereocenters. The number of nitrogens with one attached hydrogen (secondary N) is 2. The first-order valence-corrected chi connectivity index (χ1v) is 7.83. The van der Waals surface area contributed by atoms with Crippen LogP contribution in [0.2, 0.25) is 0 Å². The number of carbonyl (C=O) groups excluding carboxylic acids is 1.